The minimum absolute atomic E-state index is 0.000142. The number of nitrogens with two attached hydrogens (primary N) is 1. The molecule has 0 unspecified atom stereocenters. The van der Waals surface area contributed by atoms with E-state index in [4.69, 9.17) is 10.5 Å². The van der Waals surface area contributed by atoms with E-state index in [0.717, 1.165) is 6.54 Å². The predicted octanol–water partition coefficient (Wildman–Crippen LogP) is -1.02. The molecule has 0 aromatic heterocycles. The van der Waals surface area contributed by atoms with Crippen LogP contribution in [0, 0.1) is 0 Å². The third-order valence-corrected chi connectivity index (χ3v) is 4.06. The summed E-state index contributed by atoms with van der Waals surface area (Å²) in [7, 11) is -1.18. The number of nitrogens with one attached hydrogen (secondary N) is 1. The molecule has 102 valence electrons. The van der Waals surface area contributed by atoms with Crippen LogP contribution in [0.3, 0.4) is 0 Å². The van der Waals surface area contributed by atoms with Gasteiger partial charge in [0.25, 0.3) is 0 Å². The van der Waals surface area contributed by atoms with Crippen LogP contribution in [-0.2, 0) is 14.8 Å². The fourth-order valence-corrected chi connectivity index (χ4v) is 2.39. The number of sulfonamides is 1. The Morgan fingerprint density at radius 3 is 2.71 bits per heavy atom. The summed E-state index contributed by atoms with van der Waals surface area (Å²) in [6, 6.07) is 0.660. The fraction of sp³-hybridized carbons (Fsp3) is 1.00. The molecule has 0 amide bonds. The molecule has 0 spiro atoms. The molecule has 1 aliphatic rings. The molecule has 0 atom stereocenters. The van der Waals surface area contributed by atoms with Crippen LogP contribution < -0.4 is 10.5 Å². The molecule has 0 aliphatic heterocycles. The van der Waals surface area contributed by atoms with E-state index in [9.17, 15) is 8.42 Å². The SMILES string of the molecule is CN(CCNS(=O)(=O)CCOCCN)C1CC1. The van der Waals surface area contributed by atoms with E-state index in [0.29, 0.717) is 25.7 Å². The van der Waals surface area contributed by atoms with Gasteiger partial charge in [-0.15, -0.1) is 0 Å². The van der Waals surface area contributed by atoms with Crippen LogP contribution in [0.2, 0.25) is 0 Å². The van der Waals surface area contributed by atoms with Gasteiger partial charge in [-0.3, -0.25) is 0 Å². The smallest absolute Gasteiger partial charge is 0.213 e. The lowest BCUT2D eigenvalue weighted by Gasteiger charge is -2.15. The summed E-state index contributed by atoms with van der Waals surface area (Å²) in [5, 5.41) is 0. The molecule has 0 radical (unpaired) electrons. The Hall–Kier alpha value is -0.210. The lowest BCUT2D eigenvalue weighted by atomic mass is 10.5. The van der Waals surface area contributed by atoms with Crippen molar-refractivity contribution in [2.24, 2.45) is 5.73 Å². The van der Waals surface area contributed by atoms with Gasteiger partial charge in [0.1, 0.15) is 0 Å². The minimum Gasteiger partial charge on any atom is -0.379 e. The standard InChI is InChI=1S/C10H23N3O3S/c1-13(10-2-3-10)6-5-12-17(14,15)9-8-16-7-4-11/h10,12H,2-9,11H2,1H3. The second kappa shape index (κ2) is 7.27. The highest BCUT2D eigenvalue weighted by Crippen LogP contribution is 2.24. The molecule has 0 aromatic carbocycles. The van der Waals surface area contributed by atoms with Crippen molar-refractivity contribution in [2.75, 3.05) is 45.6 Å². The zero-order valence-corrected chi connectivity index (χ0v) is 11.2. The van der Waals surface area contributed by atoms with Crippen molar-refractivity contribution < 1.29 is 13.2 Å². The summed E-state index contributed by atoms with van der Waals surface area (Å²) in [6.45, 7) is 2.24. The van der Waals surface area contributed by atoms with Gasteiger partial charge in [-0.05, 0) is 19.9 Å². The van der Waals surface area contributed by atoms with Crippen LogP contribution >= 0.6 is 0 Å². The number of ether oxygens (including phenoxy) is 1. The molecular formula is C10H23N3O3S. The van der Waals surface area contributed by atoms with Crippen LogP contribution in [0.5, 0.6) is 0 Å². The lowest BCUT2D eigenvalue weighted by Crippen LogP contribution is -2.36. The molecule has 0 saturated heterocycles. The summed E-state index contributed by atoms with van der Waals surface area (Å²) in [5.74, 6) is 0.000142. The third-order valence-electron chi connectivity index (χ3n) is 2.72. The maximum Gasteiger partial charge on any atom is 0.213 e. The Morgan fingerprint density at radius 1 is 1.41 bits per heavy atom. The Morgan fingerprint density at radius 2 is 2.12 bits per heavy atom. The van der Waals surface area contributed by atoms with Gasteiger partial charge in [0.2, 0.25) is 10.0 Å². The molecule has 0 aromatic rings. The maximum absolute atomic E-state index is 11.5. The van der Waals surface area contributed by atoms with Gasteiger partial charge in [0.15, 0.2) is 0 Å². The first-order valence-electron chi connectivity index (χ1n) is 6.00. The van der Waals surface area contributed by atoms with Crippen LogP contribution in [0.15, 0.2) is 0 Å². The highest BCUT2D eigenvalue weighted by Gasteiger charge is 2.25. The number of rotatable bonds is 10. The van der Waals surface area contributed by atoms with E-state index in [1.54, 1.807) is 0 Å². The average molecular weight is 265 g/mol. The zero-order valence-electron chi connectivity index (χ0n) is 10.4. The Balaban J connectivity index is 2.06. The van der Waals surface area contributed by atoms with Crippen molar-refractivity contribution in [1.82, 2.24) is 9.62 Å². The highest BCUT2D eigenvalue weighted by molar-refractivity contribution is 7.89. The van der Waals surface area contributed by atoms with Gasteiger partial charge >= 0.3 is 0 Å². The summed E-state index contributed by atoms with van der Waals surface area (Å²) in [4.78, 5) is 2.19. The Labute approximate surface area is 104 Å². The monoisotopic (exact) mass is 265 g/mol. The van der Waals surface area contributed by atoms with Gasteiger partial charge in [-0.25, -0.2) is 13.1 Å². The summed E-state index contributed by atoms with van der Waals surface area (Å²) >= 11 is 0. The van der Waals surface area contributed by atoms with Gasteiger partial charge in [0, 0.05) is 25.7 Å². The third kappa shape index (κ3) is 6.95. The molecule has 0 bridgehead atoms. The van der Waals surface area contributed by atoms with Crippen molar-refractivity contribution >= 4 is 10.0 Å². The molecular weight excluding hydrogens is 242 g/mol. The minimum atomic E-state index is -3.21. The molecule has 1 aliphatic carbocycles. The fourth-order valence-electron chi connectivity index (χ4n) is 1.50. The van der Waals surface area contributed by atoms with Gasteiger partial charge in [0.05, 0.1) is 19.0 Å². The normalized spacial score (nSPS) is 16.6. The Kier molecular flexibility index (Phi) is 6.35. The topological polar surface area (TPSA) is 84.7 Å². The lowest BCUT2D eigenvalue weighted by molar-refractivity contribution is 0.156. The van der Waals surface area contributed by atoms with Crippen molar-refractivity contribution in [3.05, 3.63) is 0 Å². The van der Waals surface area contributed by atoms with Gasteiger partial charge in [-0.2, -0.15) is 0 Å². The first kappa shape index (κ1) is 14.8. The number of likely N-dealkylation sites (N-methyl/N-ethyl adjacent to an activating group) is 1. The van der Waals surface area contributed by atoms with Gasteiger partial charge < -0.3 is 15.4 Å². The maximum atomic E-state index is 11.5. The molecule has 3 N–H and O–H groups in total. The molecule has 0 heterocycles. The van der Waals surface area contributed by atoms with E-state index in [2.05, 4.69) is 9.62 Å². The first-order valence-corrected chi connectivity index (χ1v) is 7.66. The van der Waals surface area contributed by atoms with Crippen LogP contribution in [0.4, 0.5) is 0 Å². The summed E-state index contributed by atoms with van der Waals surface area (Å²) in [5.41, 5.74) is 5.23. The Bertz CT molecular complexity index is 304. The molecule has 1 fully saturated rings. The van der Waals surface area contributed by atoms with Crippen molar-refractivity contribution in [3.8, 4) is 0 Å². The van der Waals surface area contributed by atoms with E-state index < -0.39 is 10.0 Å². The van der Waals surface area contributed by atoms with Crippen molar-refractivity contribution in [1.29, 1.82) is 0 Å². The van der Waals surface area contributed by atoms with Crippen LogP contribution in [-0.4, -0.2) is 65.0 Å². The van der Waals surface area contributed by atoms with E-state index in [-0.39, 0.29) is 12.4 Å². The largest absolute Gasteiger partial charge is 0.379 e. The number of hydrogen-bond donors (Lipinski definition) is 2. The molecule has 1 rings (SSSR count). The van der Waals surface area contributed by atoms with E-state index in [1.165, 1.54) is 12.8 Å². The highest BCUT2D eigenvalue weighted by atomic mass is 32.2. The van der Waals surface area contributed by atoms with E-state index in [1.807, 2.05) is 7.05 Å². The second-order valence-electron chi connectivity index (χ2n) is 4.33. The molecule has 6 nitrogen and oxygen atoms in total. The quantitative estimate of drug-likeness (QED) is 0.494. The van der Waals surface area contributed by atoms with Gasteiger partial charge in [-0.1, -0.05) is 0 Å². The molecule has 7 heteroatoms. The van der Waals surface area contributed by atoms with Crippen molar-refractivity contribution in [2.45, 2.75) is 18.9 Å². The zero-order chi connectivity index (χ0) is 12.7. The van der Waals surface area contributed by atoms with E-state index >= 15 is 0 Å². The van der Waals surface area contributed by atoms with Crippen LogP contribution in [0.25, 0.3) is 0 Å². The predicted molar refractivity (Wildman–Crippen MR) is 67.3 cm³/mol. The number of hydrogen-bond acceptors (Lipinski definition) is 5. The average Bonchev–Trinajstić information content (AvgIpc) is 3.08. The first-order chi connectivity index (χ1) is 8.05. The van der Waals surface area contributed by atoms with Crippen molar-refractivity contribution in [3.63, 3.8) is 0 Å². The molecule has 1 saturated carbocycles. The molecule has 17 heavy (non-hydrogen) atoms. The number of nitrogens with zero attached hydrogens (tertiary/aromatic N) is 1. The van der Waals surface area contributed by atoms with Crippen LogP contribution in [0.1, 0.15) is 12.8 Å². The summed E-state index contributed by atoms with van der Waals surface area (Å²) in [6.07, 6.45) is 2.46. The second-order valence-corrected chi connectivity index (χ2v) is 6.25. The summed E-state index contributed by atoms with van der Waals surface area (Å²) < 4.78 is 30.6.